The third-order valence-electron chi connectivity index (χ3n) is 1.72. The summed E-state index contributed by atoms with van der Waals surface area (Å²) in [5.41, 5.74) is 1.04. The van der Waals surface area contributed by atoms with E-state index in [1.165, 1.54) is 0 Å². The maximum absolute atomic E-state index is 11.1. The lowest BCUT2D eigenvalue weighted by Gasteiger charge is -2.04. The summed E-state index contributed by atoms with van der Waals surface area (Å²) in [6.07, 6.45) is 4.20. The predicted octanol–water partition coefficient (Wildman–Crippen LogP) is 1.65. The summed E-state index contributed by atoms with van der Waals surface area (Å²) in [5.74, 6) is 0.0653. The molecule has 0 saturated heterocycles. The van der Waals surface area contributed by atoms with Crippen LogP contribution in [0.5, 0.6) is 0 Å². The van der Waals surface area contributed by atoms with E-state index < -0.39 is 0 Å². The van der Waals surface area contributed by atoms with Crippen LogP contribution >= 0.6 is 0 Å². The van der Waals surface area contributed by atoms with E-state index in [1.54, 1.807) is 6.08 Å². The lowest BCUT2D eigenvalue weighted by Crippen LogP contribution is -2.27. The van der Waals surface area contributed by atoms with E-state index in [1.807, 2.05) is 20.0 Å². The Morgan fingerprint density at radius 3 is 2.40 bits per heavy atom. The van der Waals surface area contributed by atoms with Gasteiger partial charge in [-0.15, -0.1) is 13.2 Å². The highest BCUT2D eigenvalue weighted by Gasteiger charge is 1.98. The first-order valence-electron chi connectivity index (χ1n) is 4.93. The van der Waals surface area contributed by atoms with Crippen LogP contribution < -0.4 is 10.6 Å². The molecule has 0 aromatic heterocycles. The summed E-state index contributed by atoms with van der Waals surface area (Å²) in [5, 5.41) is 5.72. The summed E-state index contributed by atoms with van der Waals surface area (Å²) in [6, 6.07) is 0. The summed E-state index contributed by atoms with van der Waals surface area (Å²) in [7, 11) is 1.83. The number of hydrogen-bond acceptors (Lipinski definition) is 2. The molecule has 0 spiro atoms. The van der Waals surface area contributed by atoms with Crippen molar-refractivity contribution in [2.24, 2.45) is 0 Å². The second-order valence-electron chi connectivity index (χ2n) is 2.70. The molecule has 3 nitrogen and oxygen atoms in total. The highest BCUT2D eigenvalue weighted by atomic mass is 16.1. The van der Waals surface area contributed by atoms with Crippen LogP contribution in [0, 0.1) is 0 Å². The van der Waals surface area contributed by atoms with Crippen LogP contribution in [-0.4, -0.2) is 26.0 Å². The fourth-order valence-corrected chi connectivity index (χ4v) is 0.820. The lowest BCUT2D eigenvalue weighted by atomic mass is 10.2. The number of hydrogen-bond donors (Lipinski definition) is 2. The van der Waals surface area contributed by atoms with Gasteiger partial charge in [0.2, 0.25) is 5.91 Å². The Morgan fingerprint density at radius 2 is 2.00 bits per heavy atom. The number of carbonyl (C=O) groups excluding carboxylic acids is 1. The maximum atomic E-state index is 11.1. The van der Waals surface area contributed by atoms with Crippen LogP contribution in [0.2, 0.25) is 0 Å². The SMILES string of the molecule is C=C.C=C/C(=C\C)CNC(=O)CCNC. The van der Waals surface area contributed by atoms with Crippen LogP contribution in [0.1, 0.15) is 13.3 Å². The first kappa shape index (κ1) is 16.1. The normalized spacial score (nSPS) is 9.87. The van der Waals surface area contributed by atoms with Gasteiger partial charge in [0.15, 0.2) is 0 Å². The molecule has 2 N–H and O–H groups in total. The Labute approximate surface area is 93.0 Å². The summed E-state index contributed by atoms with van der Waals surface area (Å²) in [4.78, 5) is 11.1. The van der Waals surface area contributed by atoms with Crippen molar-refractivity contribution in [3.8, 4) is 0 Å². The minimum Gasteiger partial charge on any atom is -0.352 e. The van der Waals surface area contributed by atoms with Gasteiger partial charge in [-0.25, -0.2) is 0 Å². The Hall–Kier alpha value is -1.35. The largest absolute Gasteiger partial charge is 0.352 e. The average Bonchev–Trinajstić information content (AvgIpc) is 2.30. The van der Waals surface area contributed by atoms with Crippen LogP contribution in [0.3, 0.4) is 0 Å². The van der Waals surface area contributed by atoms with Crippen molar-refractivity contribution in [3.63, 3.8) is 0 Å². The van der Waals surface area contributed by atoms with Gasteiger partial charge in [0, 0.05) is 19.5 Å². The maximum Gasteiger partial charge on any atom is 0.221 e. The monoisotopic (exact) mass is 210 g/mol. The molecule has 1 amide bonds. The van der Waals surface area contributed by atoms with Gasteiger partial charge in [0.25, 0.3) is 0 Å². The molecule has 0 bridgehead atoms. The lowest BCUT2D eigenvalue weighted by molar-refractivity contribution is -0.120. The predicted molar refractivity (Wildman–Crippen MR) is 66.8 cm³/mol. The molecule has 86 valence electrons. The van der Waals surface area contributed by atoms with E-state index in [4.69, 9.17) is 0 Å². The smallest absolute Gasteiger partial charge is 0.221 e. The fraction of sp³-hybridized carbons (Fsp3) is 0.417. The van der Waals surface area contributed by atoms with Gasteiger partial charge < -0.3 is 10.6 Å². The molecule has 0 heterocycles. The number of carbonyl (C=O) groups is 1. The third kappa shape index (κ3) is 10.6. The molecule has 0 rings (SSSR count). The van der Waals surface area contributed by atoms with Gasteiger partial charge in [0.1, 0.15) is 0 Å². The molecule has 3 heteroatoms. The van der Waals surface area contributed by atoms with Crippen molar-refractivity contribution in [2.75, 3.05) is 20.1 Å². The van der Waals surface area contributed by atoms with Gasteiger partial charge in [-0.05, 0) is 19.5 Å². The molecule has 0 aromatic rings. The first-order valence-corrected chi connectivity index (χ1v) is 4.93. The van der Waals surface area contributed by atoms with Crippen molar-refractivity contribution >= 4 is 5.91 Å². The van der Waals surface area contributed by atoms with Crippen LogP contribution in [0.25, 0.3) is 0 Å². The minimum atomic E-state index is 0.0653. The Kier molecular flexibility index (Phi) is 13.6. The molecule has 0 saturated carbocycles. The fourth-order valence-electron chi connectivity index (χ4n) is 0.820. The van der Waals surface area contributed by atoms with Gasteiger partial charge in [-0.1, -0.05) is 18.7 Å². The topological polar surface area (TPSA) is 41.1 Å². The highest BCUT2D eigenvalue weighted by Crippen LogP contribution is 1.92. The molecule has 0 fully saturated rings. The number of amides is 1. The van der Waals surface area contributed by atoms with Crippen molar-refractivity contribution in [1.29, 1.82) is 0 Å². The van der Waals surface area contributed by atoms with Gasteiger partial charge in [-0.3, -0.25) is 4.79 Å². The van der Waals surface area contributed by atoms with Crippen molar-refractivity contribution in [1.82, 2.24) is 10.6 Å². The summed E-state index contributed by atoms with van der Waals surface area (Å²) in [6.45, 7) is 12.9. The molecule has 0 aliphatic rings. The van der Waals surface area contributed by atoms with Crippen LogP contribution in [-0.2, 0) is 4.79 Å². The van der Waals surface area contributed by atoms with E-state index in [0.29, 0.717) is 19.5 Å². The van der Waals surface area contributed by atoms with E-state index >= 15 is 0 Å². The number of nitrogens with one attached hydrogen (secondary N) is 2. The van der Waals surface area contributed by atoms with E-state index in [-0.39, 0.29) is 5.91 Å². The van der Waals surface area contributed by atoms with Gasteiger partial charge in [0.05, 0.1) is 0 Å². The van der Waals surface area contributed by atoms with Crippen molar-refractivity contribution in [2.45, 2.75) is 13.3 Å². The van der Waals surface area contributed by atoms with E-state index in [0.717, 1.165) is 5.57 Å². The summed E-state index contributed by atoms with van der Waals surface area (Å²) < 4.78 is 0. The zero-order valence-electron chi connectivity index (χ0n) is 9.81. The van der Waals surface area contributed by atoms with Gasteiger partial charge >= 0.3 is 0 Å². The molecule has 0 aromatic carbocycles. The zero-order valence-corrected chi connectivity index (χ0v) is 9.81. The standard InChI is InChI=1S/C10H18N2O.C2H4/c1-4-9(5-2)8-12-10(13)6-7-11-3;1-2/h4-5,11H,1,6-8H2,2-3H3,(H,12,13);1-2H2/b9-5+;. The third-order valence-corrected chi connectivity index (χ3v) is 1.72. The molecule has 0 aliphatic carbocycles. The Balaban J connectivity index is 0. The first-order chi connectivity index (χ1) is 7.24. The van der Waals surface area contributed by atoms with E-state index in [2.05, 4.69) is 30.4 Å². The number of rotatable bonds is 6. The molecule has 15 heavy (non-hydrogen) atoms. The molecule has 0 atom stereocenters. The van der Waals surface area contributed by atoms with Crippen molar-refractivity contribution < 1.29 is 4.79 Å². The molecule has 0 unspecified atom stereocenters. The number of allylic oxidation sites excluding steroid dienone is 1. The second-order valence-corrected chi connectivity index (χ2v) is 2.70. The molecule has 0 radical (unpaired) electrons. The van der Waals surface area contributed by atoms with Crippen molar-refractivity contribution in [3.05, 3.63) is 37.5 Å². The Morgan fingerprint density at radius 1 is 1.40 bits per heavy atom. The molecular formula is C12H22N2O. The van der Waals surface area contributed by atoms with E-state index in [9.17, 15) is 4.79 Å². The second kappa shape index (κ2) is 12.7. The van der Waals surface area contributed by atoms with Crippen LogP contribution in [0.4, 0.5) is 0 Å². The molecular weight excluding hydrogens is 188 g/mol. The molecule has 0 aliphatic heterocycles. The van der Waals surface area contributed by atoms with Gasteiger partial charge in [-0.2, -0.15) is 0 Å². The minimum absolute atomic E-state index is 0.0653. The zero-order chi connectivity index (χ0) is 12.1. The summed E-state index contributed by atoms with van der Waals surface area (Å²) >= 11 is 0. The Bertz CT molecular complexity index is 210. The quantitative estimate of drug-likeness (QED) is 0.517. The average molecular weight is 210 g/mol. The highest BCUT2D eigenvalue weighted by molar-refractivity contribution is 5.76. The van der Waals surface area contributed by atoms with Crippen LogP contribution in [0.15, 0.2) is 37.5 Å².